The van der Waals surface area contributed by atoms with Gasteiger partial charge >= 0.3 is 0 Å². The minimum absolute atomic E-state index is 0.106. The first kappa shape index (κ1) is 16.5. The lowest BCUT2D eigenvalue weighted by atomic mass is 10.0. The summed E-state index contributed by atoms with van der Waals surface area (Å²) in [4.78, 5) is 13.9. The maximum atomic E-state index is 10.0. The molecule has 0 aliphatic heterocycles. The Kier molecular flexibility index (Phi) is 3.57. The second kappa shape index (κ2) is 12.3. The Morgan fingerprint density at radius 1 is 0.421 bits per heavy atom. The van der Waals surface area contributed by atoms with Gasteiger partial charge in [-0.3, -0.25) is 0 Å². The van der Waals surface area contributed by atoms with E-state index in [9.17, 15) is 13.7 Å². The van der Waals surface area contributed by atoms with Gasteiger partial charge in [-0.2, -0.15) is 0 Å². The number of benzene rings is 8. The van der Waals surface area contributed by atoms with Gasteiger partial charge < -0.3 is 13.4 Å². The van der Waals surface area contributed by atoms with Crippen LogP contribution in [0.15, 0.2) is 190 Å². The highest BCUT2D eigenvalue weighted by molar-refractivity contribution is 6.23. The number of hydrogen-bond donors (Lipinski definition) is 0. The minimum atomic E-state index is -0.950. The molecular formula is C51H30N4O2. The molecule has 0 bridgehead atoms. The Morgan fingerprint density at radius 3 is 2.00 bits per heavy atom. The molecule has 0 atom stereocenters. The van der Waals surface area contributed by atoms with Crippen molar-refractivity contribution in [3.05, 3.63) is 181 Å². The Morgan fingerprint density at radius 2 is 1.11 bits per heavy atom. The van der Waals surface area contributed by atoms with E-state index in [1.807, 2.05) is 0 Å². The van der Waals surface area contributed by atoms with Crippen molar-refractivity contribution in [3.8, 4) is 51.0 Å². The molecular weight excluding hydrogens is 701 g/mol. The fourth-order valence-corrected chi connectivity index (χ4v) is 6.95. The molecule has 0 unspecified atom stereocenters. The van der Waals surface area contributed by atoms with Crippen LogP contribution in [0.5, 0.6) is 0 Å². The standard InChI is InChI=1S/C51H30N4O2/c1-2-13-31(14-3-1)32-15-10-16-33(29-32)49-52-50(54-51(53-49)41-23-12-22-38-36-19-5-8-25-44(36)56-47(38)41)34-17-11-18-35(30-34)55-42-24-7-4-21-40(42)46-43(55)28-27-39-37-20-6-9-26-45(37)57-48(39)46/h1-30H/i1D,2D,3D,4D,6D,7D,9D,10D,11D,13D,14D,15D,16D,17D,18D,20D,21D,24D,26D,27D,28D,29D,30D. The summed E-state index contributed by atoms with van der Waals surface area (Å²) in [5.41, 5.74) is -4.62. The van der Waals surface area contributed by atoms with E-state index < -0.39 is 206 Å². The number of nitrogens with zero attached hydrogens (tertiary/aromatic N) is 4. The van der Waals surface area contributed by atoms with Gasteiger partial charge in [0.15, 0.2) is 17.5 Å². The van der Waals surface area contributed by atoms with Gasteiger partial charge in [0, 0.05) is 43.7 Å². The van der Waals surface area contributed by atoms with Gasteiger partial charge in [0.05, 0.1) is 53.5 Å². The number of para-hydroxylation sites is 4. The Balaban J connectivity index is 1.24. The van der Waals surface area contributed by atoms with Crippen molar-refractivity contribution in [3.63, 3.8) is 0 Å². The topological polar surface area (TPSA) is 69.9 Å². The van der Waals surface area contributed by atoms with Crippen LogP contribution < -0.4 is 0 Å². The lowest BCUT2D eigenvalue weighted by Crippen LogP contribution is -2.01. The summed E-state index contributed by atoms with van der Waals surface area (Å²) in [7, 11) is 0. The third kappa shape index (κ3) is 4.94. The molecule has 57 heavy (non-hydrogen) atoms. The van der Waals surface area contributed by atoms with E-state index in [2.05, 4.69) is 9.97 Å². The first-order valence-corrected chi connectivity index (χ1v) is 17.2. The molecule has 0 spiro atoms. The average Bonchev–Trinajstić information content (AvgIpc) is 2.14. The van der Waals surface area contributed by atoms with Crippen molar-refractivity contribution in [2.24, 2.45) is 0 Å². The average molecular weight is 754 g/mol. The molecule has 4 aromatic heterocycles. The van der Waals surface area contributed by atoms with E-state index in [1.165, 1.54) is 6.07 Å². The molecule has 0 saturated heterocycles. The minimum Gasteiger partial charge on any atom is -0.455 e. The largest absolute Gasteiger partial charge is 0.455 e. The summed E-state index contributed by atoms with van der Waals surface area (Å²) in [6.07, 6.45) is 0. The zero-order valence-corrected chi connectivity index (χ0v) is 28.6. The van der Waals surface area contributed by atoms with Crippen molar-refractivity contribution in [1.82, 2.24) is 19.5 Å². The number of hydrogen-bond acceptors (Lipinski definition) is 5. The quantitative estimate of drug-likeness (QED) is 0.175. The van der Waals surface area contributed by atoms with Crippen molar-refractivity contribution in [2.75, 3.05) is 0 Å². The second-order valence-electron chi connectivity index (χ2n) is 12.6. The molecule has 0 aliphatic rings. The lowest BCUT2D eigenvalue weighted by molar-refractivity contribution is 0.669. The van der Waals surface area contributed by atoms with Crippen LogP contribution in [0.4, 0.5) is 0 Å². The number of fused-ring (bicyclic) bond motifs is 10. The third-order valence-corrected chi connectivity index (χ3v) is 9.41. The third-order valence-electron chi connectivity index (χ3n) is 9.41. The molecule has 0 amide bonds. The number of rotatable bonds is 5. The van der Waals surface area contributed by atoms with Gasteiger partial charge in [-0.1, -0.05) is 127 Å². The molecule has 0 saturated carbocycles. The molecule has 0 fully saturated rings. The summed E-state index contributed by atoms with van der Waals surface area (Å²) in [5.74, 6) is -1.71. The second-order valence-corrected chi connectivity index (χ2v) is 12.6. The van der Waals surface area contributed by atoms with Gasteiger partial charge in [0.1, 0.15) is 22.3 Å². The van der Waals surface area contributed by atoms with Gasteiger partial charge in [-0.15, -0.1) is 0 Å². The van der Waals surface area contributed by atoms with Gasteiger partial charge in [0.25, 0.3) is 0 Å². The fraction of sp³-hybridized carbons (Fsp3) is 0. The van der Waals surface area contributed by atoms with Crippen LogP contribution in [-0.2, 0) is 0 Å². The van der Waals surface area contributed by atoms with E-state index in [0.717, 1.165) is 4.57 Å². The van der Waals surface area contributed by atoms with Crippen LogP contribution in [0.1, 0.15) is 31.5 Å². The SMILES string of the molecule is [2H]c1c([2H])c([2H])c(-c2c([2H])c([2H])c([2H])c(-c3nc(-c4c([2H])c([2H])c([2H])c(-n5c6c([2H])c([2H])c([2H])c([2H])c6c6c7oc8c([2H])c([2H])c([2H])c([2H])c8c7c([2H])c([2H])c65)c4[2H])nc(-c4cccc5c4oc4ccccc45)n3)c2[2H])c([2H])c1[2H]. The van der Waals surface area contributed by atoms with Crippen LogP contribution in [0.2, 0.25) is 0 Å². The highest BCUT2D eigenvalue weighted by Gasteiger charge is 2.21. The van der Waals surface area contributed by atoms with E-state index in [-0.39, 0.29) is 33.1 Å². The molecule has 8 aromatic carbocycles. The van der Waals surface area contributed by atoms with Crippen LogP contribution >= 0.6 is 0 Å². The Bertz CT molecular complexity index is 4870. The maximum absolute atomic E-state index is 10.0. The first-order chi connectivity index (χ1) is 37.8. The van der Waals surface area contributed by atoms with Gasteiger partial charge in [-0.05, 0) is 65.6 Å². The van der Waals surface area contributed by atoms with Crippen LogP contribution in [0.3, 0.4) is 0 Å². The molecule has 266 valence electrons. The molecule has 6 nitrogen and oxygen atoms in total. The maximum Gasteiger partial charge on any atom is 0.167 e. The van der Waals surface area contributed by atoms with Gasteiger partial charge in [0.2, 0.25) is 0 Å². The van der Waals surface area contributed by atoms with Crippen LogP contribution in [-0.4, -0.2) is 19.5 Å². The molecule has 0 aliphatic carbocycles. The number of furan rings is 2. The molecule has 4 heterocycles. The highest BCUT2D eigenvalue weighted by atomic mass is 16.3. The molecule has 0 radical (unpaired) electrons. The number of aromatic nitrogens is 4. The first-order valence-electron chi connectivity index (χ1n) is 28.7. The van der Waals surface area contributed by atoms with Crippen molar-refractivity contribution in [1.29, 1.82) is 0 Å². The molecule has 0 N–H and O–H groups in total. The highest BCUT2D eigenvalue weighted by Crippen LogP contribution is 2.41. The van der Waals surface area contributed by atoms with Crippen LogP contribution in [0, 0.1) is 0 Å². The molecule has 12 rings (SSSR count). The monoisotopic (exact) mass is 753 g/mol. The Labute approximate surface area is 358 Å². The summed E-state index contributed by atoms with van der Waals surface area (Å²) < 4.78 is 220. The lowest BCUT2D eigenvalue weighted by Gasteiger charge is -2.12. The van der Waals surface area contributed by atoms with Crippen molar-refractivity contribution < 1.29 is 40.4 Å². The van der Waals surface area contributed by atoms with E-state index in [1.54, 1.807) is 36.4 Å². The predicted molar refractivity (Wildman–Crippen MR) is 230 cm³/mol. The van der Waals surface area contributed by atoms with E-state index in [4.69, 9.17) is 31.6 Å². The summed E-state index contributed by atoms with van der Waals surface area (Å²) in [5, 5.41) is -0.190. The summed E-state index contributed by atoms with van der Waals surface area (Å²) in [6, 6.07) is -6.87. The summed E-state index contributed by atoms with van der Waals surface area (Å²) in [6.45, 7) is 0. The van der Waals surface area contributed by atoms with Crippen molar-refractivity contribution in [2.45, 2.75) is 0 Å². The zero-order valence-electron chi connectivity index (χ0n) is 51.6. The van der Waals surface area contributed by atoms with E-state index in [0.29, 0.717) is 16.4 Å². The molecule has 12 aromatic rings. The molecule has 6 heteroatoms. The smallest absolute Gasteiger partial charge is 0.167 e. The predicted octanol–water partition coefficient (Wildman–Crippen LogP) is 13.4. The fourth-order valence-electron chi connectivity index (χ4n) is 6.95. The zero-order chi connectivity index (χ0) is 57.5. The summed E-state index contributed by atoms with van der Waals surface area (Å²) >= 11 is 0. The normalized spacial score (nSPS) is 17.5. The van der Waals surface area contributed by atoms with Crippen molar-refractivity contribution >= 4 is 65.7 Å². The Hall–Kier alpha value is -7.83. The van der Waals surface area contributed by atoms with Crippen LogP contribution in [0.25, 0.3) is 117 Å². The van der Waals surface area contributed by atoms with E-state index >= 15 is 0 Å². The van der Waals surface area contributed by atoms with Gasteiger partial charge in [-0.25, -0.2) is 15.0 Å².